The smallest absolute Gasteiger partial charge is 0.260 e. The minimum Gasteiger partial charge on any atom is -0.505 e. The zero-order valence-electron chi connectivity index (χ0n) is 22.8. The van der Waals surface area contributed by atoms with Crippen molar-refractivity contribution in [3.63, 3.8) is 0 Å². The van der Waals surface area contributed by atoms with Gasteiger partial charge in [-0.1, -0.05) is 47.5 Å². The number of nitrogens with one attached hydrogen (secondary N) is 1. The van der Waals surface area contributed by atoms with Gasteiger partial charge in [-0.2, -0.15) is 10.1 Å². The van der Waals surface area contributed by atoms with Gasteiger partial charge in [0, 0.05) is 16.5 Å². The molecule has 0 bridgehead atoms. The van der Waals surface area contributed by atoms with Crippen molar-refractivity contribution < 1.29 is 38.3 Å². The zero-order valence-corrected chi connectivity index (χ0v) is 23.5. The first-order valence-electron chi connectivity index (χ1n) is 14.0. The highest BCUT2D eigenvalue weighted by molar-refractivity contribution is 6.30. The van der Waals surface area contributed by atoms with Gasteiger partial charge < -0.3 is 5.11 Å². The van der Waals surface area contributed by atoms with Gasteiger partial charge in [-0.25, -0.2) is 8.78 Å². The molecule has 44 heavy (non-hydrogen) atoms. The number of halogens is 3. The van der Waals surface area contributed by atoms with Crippen LogP contribution < -0.4 is 5.43 Å². The number of fused-ring (bicyclic) bond motifs is 4. The van der Waals surface area contributed by atoms with Gasteiger partial charge in [0.1, 0.15) is 5.82 Å². The number of hydroxylamine groups is 2. The summed E-state index contributed by atoms with van der Waals surface area (Å²) in [4.78, 5) is 55.2. The average Bonchev–Trinajstić information content (AvgIpc) is 3.36. The normalized spacial score (nSPS) is 29.4. The van der Waals surface area contributed by atoms with Gasteiger partial charge in [0.2, 0.25) is 0 Å². The van der Waals surface area contributed by atoms with Crippen molar-refractivity contribution in [2.24, 2.45) is 23.7 Å². The molecule has 3 N–H and O–H groups in total. The molecule has 1 saturated carbocycles. The number of nitrogens with zero attached hydrogens (tertiary/aromatic N) is 2. The number of benzene rings is 3. The van der Waals surface area contributed by atoms with E-state index in [4.69, 9.17) is 11.6 Å². The standard InChI is InChI=1S/C32H24ClF2N3O6/c33-16-6-4-15(5-7-16)32-23(29(41)37(31(32)43)36-18-10-8-17(34)9-11-18)14-22-19(26(32)21-2-1-3-24(35)27(21)39)12-13-20-25(22)30(42)38(44)28(20)40/h1-12,20,22-23,25-26,36,39,44H,13-14H2/t20-,22+,23-,25-,26+,32+/m0/s1. The van der Waals surface area contributed by atoms with Gasteiger partial charge in [-0.05, 0) is 66.8 Å². The Kier molecular flexibility index (Phi) is 6.38. The topological polar surface area (TPSA) is 127 Å². The van der Waals surface area contributed by atoms with E-state index in [1.165, 1.54) is 24.3 Å². The molecule has 0 unspecified atom stereocenters. The lowest BCUT2D eigenvalue weighted by Gasteiger charge is -2.50. The Balaban J connectivity index is 1.49. The Morgan fingerprint density at radius 2 is 1.59 bits per heavy atom. The number of carbonyl (C=O) groups excluding carboxylic acids is 4. The van der Waals surface area contributed by atoms with Crippen molar-refractivity contribution in [1.82, 2.24) is 10.1 Å². The van der Waals surface area contributed by atoms with Crippen molar-refractivity contribution in [2.45, 2.75) is 24.2 Å². The van der Waals surface area contributed by atoms with Crippen LogP contribution in [0, 0.1) is 35.3 Å². The maximum atomic E-state index is 15.0. The predicted octanol–water partition coefficient (Wildman–Crippen LogP) is 4.70. The molecule has 224 valence electrons. The lowest BCUT2D eigenvalue weighted by Crippen LogP contribution is -2.53. The van der Waals surface area contributed by atoms with Crippen LogP contribution in [0.15, 0.2) is 78.4 Å². The minimum atomic E-state index is -1.76. The monoisotopic (exact) mass is 619 g/mol. The fourth-order valence-corrected chi connectivity index (χ4v) is 7.87. The maximum absolute atomic E-state index is 15.0. The van der Waals surface area contributed by atoms with Crippen LogP contribution in [0.1, 0.15) is 29.9 Å². The van der Waals surface area contributed by atoms with Crippen LogP contribution in [0.3, 0.4) is 0 Å². The van der Waals surface area contributed by atoms with E-state index in [1.807, 2.05) is 0 Å². The number of amides is 4. The predicted molar refractivity (Wildman–Crippen MR) is 151 cm³/mol. The van der Waals surface area contributed by atoms with Crippen LogP contribution in [0.2, 0.25) is 5.02 Å². The second-order valence-corrected chi connectivity index (χ2v) is 12.0. The second-order valence-electron chi connectivity index (χ2n) is 11.5. The molecule has 3 aromatic rings. The van der Waals surface area contributed by atoms with Gasteiger partial charge in [0.25, 0.3) is 23.6 Å². The van der Waals surface area contributed by atoms with E-state index < -0.39 is 76.0 Å². The minimum absolute atomic E-state index is 0.0155. The van der Waals surface area contributed by atoms with Crippen LogP contribution >= 0.6 is 11.6 Å². The molecule has 12 heteroatoms. The number of carbonyl (C=O) groups is 4. The number of hydrogen-bond acceptors (Lipinski definition) is 7. The maximum Gasteiger partial charge on any atom is 0.260 e. The molecule has 2 aliphatic heterocycles. The molecule has 4 amide bonds. The molecule has 2 heterocycles. The number of hydrazine groups is 1. The number of phenolic OH excluding ortho intramolecular Hbond substituents is 1. The number of rotatable bonds is 4. The molecule has 3 fully saturated rings. The fraction of sp³-hybridized carbons (Fsp3) is 0.250. The summed E-state index contributed by atoms with van der Waals surface area (Å²) in [7, 11) is 0. The third-order valence-corrected chi connectivity index (χ3v) is 9.81. The van der Waals surface area contributed by atoms with Crippen LogP contribution in [-0.4, -0.2) is 44.0 Å². The lowest BCUT2D eigenvalue weighted by atomic mass is 9.49. The molecule has 4 aliphatic rings. The van der Waals surface area contributed by atoms with Crippen molar-refractivity contribution in [3.8, 4) is 5.75 Å². The number of allylic oxidation sites excluding steroid dienone is 2. The third kappa shape index (κ3) is 3.78. The van der Waals surface area contributed by atoms with E-state index in [-0.39, 0.29) is 29.2 Å². The summed E-state index contributed by atoms with van der Waals surface area (Å²) in [6.07, 6.45) is 1.68. The second kappa shape index (κ2) is 9.96. The van der Waals surface area contributed by atoms with Crippen molar-refractivity contribution in [1.29, 1.82) is 0 Å². The molecule has 0 spiro atoms. The molecule has 0 aromatic heterocycles. The third-order valence-electron chi connectivity index (χ3n) is 9.56. The number of anilines is 1. The Labute approximate surface area is 254 Å². The van der Waals surface area contributed by atoms with Gasteiger partial charge in [0.15, 0.2) is 11.6 Å². The summed E-state index contributed by atoms with van der Waals surface area (Å²) < 4.78 is 28.7. The quantitative estimate of drug-likeness (QED) is 0.220. The van der Waals surface area contributed by atoms with Crippen LogP contribution in [0.4, 0.5) is 14.5 Å². The number of para-hydroxylation sites is 1. The summed E-state index contributed by atoms with van der Waals surface area (Å²) in [5.41, 5.74) is 2.12. The Hall–Kier alpha value is -4.61. The largest absolute Gasteiger partial charge is 0.505 e. The number of phenols is 1. The van der Waals surface area contributed by atoms with Gasteiger partial charge in [-0.15, -0.1) is 0 Å². The Bertz CT molecular complexity index is 1780. The van der Waals surface area contributed by atoms with E-state index in [1.54, 1.807) is 30.3 Å². The fourth-order valence-electron chi connectivity index (χ4n) is 7.75. The van der Waals surface area contributed by atoms with E-state index in [0.717, 1.165) is 23.2 Å². The van der Waals surface area contributed by atoms with Crippen molar-refractivity contribution in [3.05, 3.63) is 106 Å². The number of hydrogen-bond donors (Lipinski definition) is 3. The van der Waals surface area contributed by atoms with Crippen LogP contribution in [0.5, 0.6) is 5.75 Å². The molecule has 3 aromatic carbocycles. The summed E-state index contributed by atoms with van der Waals surface area (Å²) in [5.74, 6) is -10.2. The lowest BCUT2D eigenvalue weighted by molar-refractivity contribution is -0.173. The van der Waals surface area contributed by atoms with E-state index in [0.29, 0.717) is 16.2 Å². The Morgan fingerprint density at radius 1 is 0.886 bits per heavy atom. The molecule has 0 radical (unpaired) electrons. The van der Waals surface area contributed by atoms with E-state index in [2.05, 4.69) is 5.43 Å². The summed E-state index contributed by atoms with van der Waals surface area (Å²) in [6.45, 7) is 0. The average molecular weight is 620 g/mol. The van der Waals surface area contributed by atoms with E-state index in [9.17, 15) is 33.9 Å². The van der Waals surface area contributed by atoms with E-state index >= 15 is 4.39 Å². The molecule has 2 saturated heterocycles. The Morgan fingerprint density at radius 3 is 2.30 bits per heavy atom. The van der Waals surface area contributed by atoms with Gasteiger partial charge >= 0.3 is 0 Å². The van der Waals surface area contributed by atoms with Crippen LogP contribution in [-0.2, 0) is 24.6 Å². The highest BCUT2D eigenvalue weighted by atomic mass is 35.5. The molecular formula is C32H24ClF2N3O6. The first-order chi connectivity index (χ1) is 21.0. The van der Waals surface area contributed by atoms with Gasteiger partial charge in [0.05, 0.1) is 28.9 Å². The molecular weight excluding hydrogens is 596 g/mol. The zero-order chi connectivity index (χ0) is 31.1. The first-order valence-corrected chi connectivity index (χ1v) is 14.3. The SMILES string of the molecule is O=C1[C@H]2[C@H](CC=C3[C@H]2C[C@H]2C(=O)N(Nc4ccc(F)cc4)C(=O)[C@@]2(c2ccc(Cl)cc2)[C@H]3c2cccc(F)c2O)C(=O)N1O. The first kappa shape index (κ1) is 28.2. The van der Waals surface area contributed by atoms with Crippen LogP contribution in [0.25, 0.3) is 0 Å². The molecule has 9 nitrogen and oxygen atoms in total. The molecule has 2 aliphatic carbocycles. The number of aromatic hydroxyl groups is 1. The summed E-state index contributed by atoms with van der Waals surface area (Å²) in [6, 6.07) is 15.2. The molecule has 7 rings (SSSR count). The van der Waals surface area contributed by atoms with Crippen molar-refractivity contribution >= 4 is 40.9 Å². The number of imide groups is 2. The summed E-state index contributed by atoms with van der Waals surface area (Å²) in [5, 5.41) is 22.7. The summed E-state index contributed by atoms with van der Waals surface area (Å²) >= 11 is 6.22. The highest BCUT2D eigenvalue weighted by Gasteiger charge is 2.70. The highest BCUT2D eigenvalue weighted by Crippen LogP contribution is 2.64. The van der Waals surface area contributed by atoms with Crippen molar-refractivity contribution in [2.75, 3.05) is 5.43 Å². The van der Waals surface area contributed by atoms with Gasteiger partial charge in [-0.3, -0.25) is 29.8 Å². The molecule has 6 atom stereocenters.